The lowest BCUT2D eigenvalue weighted by atomic mass is 9.95. The fourth-order valence-electron chi connectivity index (χ4n) is 2.09. The zero-order valence-electron chi connectivity index (χ0n) is 10.1. The molecule has 5 nitrogen and oxygen atoms in total. The average Bonchev–Trinajstić information content (AvgIpc) is 2.44. The number of carbonyl (C=O) groups is 1. The maximum Gasteiger partial charge on any atom is 0.237 e. The van der Waals surface area contributed by atoms with Gasteiger partial charge in [-0.25, -0.2) is 0 Å². The summed E-state index contributed by atoms with van der Waals surface area (Å²) in [6.45, 7) is 0.147. The zero-order chi connectivity index (χ0) is 13.0. The smallest absolute Gasteiger partial charge is 0.237 e. The van der Waals surface area contributed by atoms with Crippen LogP contribution in [0.4, 0.5) is 0 Å². The van der Waals surface area contributed by atoms with Crippen LogP contribution >= 0.6 is 0 Å². The van der Waals surface area contributed by atoms with E-state index in [0.29, 0.717) is 13.0 Å². The standard InChI is InChI=1S/C13H18N2O3/c16-7-11(8-17)15-13(18)12-5-9-3-1-2-4-10(9)6-14-12/h1-4,11-12,14,16-17H,5-8H2,(H,15,18)/t12-/m0/s1. The topological polar surface area (TPSA) is 81.6 Å². The molecule has 0 aromatic heterocycles. The Balaban J connectivity index is 1.98. The number of fused-ring (bicyclic) bond motifs is 1. The number of aliphatic hydroxyl groups excluding tert-OH is 2. The Hall–Kier alpha value is -1.43. The first kappa shape index (κ1) is 13.0. The average molecular weight is 250 g/mol. The molecule has 4 N–H and O–H groups in total. The Kier molecular flexibility index (Phi) is 4.30. The summed E-state index contributed by atoms with van der Waals surface area (Å²) in [6.07, 6.45) is 0.631. The quantitative estimate of drug-likeness (QED) is 0.562. The molecule has 1 aromatic rings. The Morgan fingerprint density at radius 3 is 2.67 bits per heavy atom. The van der Waals surface area contributed by atoms with Gasteiger partial charge in [0.15, 0.2) is 0 Å². The van der Waals surface area contributed by atoms with Crippen molar-refractivity contribution < 1.29 is 15.0 Å². The van der Waals surface area contributed by atoms with Crippen LogP contribution in [-0.2, 0) is 17.8 Å². The van der Waals surface area contributed by atoms with Crippen molar-refractivity contribution in [2.45, 2.75) is 25.0 Å². The van der Waals surface area contributed by atoms with Crippen molar-refractivity contribution >= 4 is 5.91 Å². The van der Waals surface area contributed by atoms with Gasteiger partial charge in [-0.3, -0.25) is 4.79 Å². The summed E-state index contributed by atoms with van der Waals surface area (Å²) < 4.78 is 0. The molecule has 0 aliphatic carbocycles. The van der Waals surface area contributed by atoms with Gasteiger partial charge in [-0.05, 0) is 17.5 Å². The van der Waals surface area contributed by atoms with E-state index < -0.39 is 6.04 Å². The van der Waals surface area contributed by atoms with Crippen LogP contribution in [0, 0.1) is 0 Å². The maximum absolute atomic E-state index is 11.9. The van der Waals surface area contributed by atoms with Crippen molar-refractivity contribution in [3.8, 4) is 0 Å². The monoisotopic (exact) mass is 250 g/mol. The number of hydrogen-bond acceptors (Lipinski definition) is 4. The lowest BCUT2D eigenvalue weighted by molar-refractivity contribution is -0.124. The van der Waals surface area contributed by atoms with Crippen molar-refractivity contribution in [2.75, 3.05) is 13.2 Å². The SMILES string of the molecule is O=C(NC(CO)CO)[C@@H]1Cc2ccccc2CN1. The summed E-state index contributed by atoms with van der Waals surface area (Å²) in [7, 11) is 0. The van der Waals surface area contributed by atoms with E-state index >= 15 is 0 Å². The van der Waals surface area contributed by atoms with Gasteiger partial charge in [0.2, 0.25) is 5.91 Å². The molecule has 0 saturated carbocycles. The molecule has 1 atom stereocenters. The van der Waals surface area contributed by atoms with Crippen molar-refractivity contribution in [3.63, 3.8) is 0 Å². The lowest BCUT2D eigenvalue weighted by Gasteiger charge is -2.26. The summed E-state index contributed by atoms with van der Waals surface area (Å²) in [5.74, 6) is -0.183. The third-order valence-electron chi connectivity index (χ3n) is 3.18. The van der Waals surface area contributed by atoms with E-state index in [2.05, 4.69) is 10.6 Å². The fraction of sp³-hybridized carbons (Fsp3) is 0.462. The predicted molar refractivity (Wildman–Crippen MR) is 66.9 cm³/mol. The molecular formula is C13H18N2O3. The minimum Gasteiger partial charge on any atom is -0.394 e. The first-order valence-corrected chi connectivity index (χ1v) is 6.07. The van der Waals surface area contributed by atoms with Gasteiger partial charge in [0.25, 0.3) is 0 Å². The molecule has 0 fully saturated rings. The Bertz CT molecular complexity index is 418. The van der Waals surface area contributed by atoms with Crippen LogP contribution in [0.2, 0.25) is 0 Å². The van der Waals surface area contributed by atoms with Gasteiger partial charge in [0.1, 0.15) is 0 Å². The zero-order valence-corrected chi connectivity index (χ0v) is 10.1. The van der Waals surface area contributed by atoms with Gasteiger partial charge in [0, 0.05) is 6.54 Å². The molecule has 1 heterocycles. The summed E-state index contributed by atoms with van der Waals surface area (Å²) in [6, 6.07) is 7.11. The van der Waals surface area contributed by atoms with E-state index in [9.17, 15) is 4.79 Å². The number of benzene rings is 1. The predicted octanol–water partition coefficient (Wildman–Crippen LogP) is -0.830. The number of amides is 1. The summed E-state index contributed by atoms with van der Waals surface area (Å²) in [5.41, 5.74) is 2.38. The van der Waals surface area contributed by atoms with Crippen LogP contribution in [0.25, 0.3) is 0 Å². The molecule has 1 aliphatic rings. The van der Waals surface area contributed by atoms with Crippen molar-refractivity contribution in [2.24, 2.45) is 0 Å². The molecular weight excluding hydrogens is 232 g/mol. The first-order chi connectivity index (χ1) is 8.74. The minimum absolute atomic E-state index is 0.183. The fourth-order valence-corrected chi connectivity index (χ4v) is 2.09. The molecule has 5 heteroatoms. The van der Waals surface area contributed by atoms with Crippen LogP contribution in [-0.4, -0.2) is 41.4 Å². The van der Waals surface area contributed by atoms with Gasteiger partial charge in [-0.2, -0.15) is 0 Å². The normalized spacial score (nSPS) is 18.5. The van der Waals surface area contributed by atoms with Crippen LogP contribution in [0.1, 0.15) is 11.1 Å². The molecule has 0 saturated heterocycles. The van der Waals surface area contributed by atoms with Gasteiger partial charge in [-0.1, -0.05) is 24.3 Å². The van der Waals surface area contributed by atoms with Crippen LogP contribution < -0.4 is 10.6 Å². The summed E-state index contributed by atoms with van der Waals surface area (Å²) >= 11 is 0. The highest BCUT2D eigenvalue weighted by Crippen LogP contribution is 2.16. The molecule has 98 valence electrons. The third-order valence-corrected chi connectivity index (χ3v) is 3.18. The van der Waals surface area contributed by atoms with E-state index in [1.165, 1.54) is 11.1 Å². The van der Waals surface area contributed by atoms with E-state index in [1.54, 1.807) is 0 Å². The molecule has 18 heavy (non-hydrogen) atoms. The molecule has 0 bridgehead atoms. The van der Waals surface area contributed by atoms with Crippen LogP contribution in [0.15, 0.2) is 24.3 Å². The summed E-state index contributed by atoms with van der Waals surface area (Å²) in [5, 5.41) is 23.6. The lowest BCUT2D eigenvalue weighted by Crippen LogP contribution is -2.52. The molecule has 0 unspecified atom stereocenters. The Morgan fingerprint density at radius 1 is 1.33 bits per heavy atom. The molecule has 0 spiro atoms. The van der Waals surface area contributed by atoms with Gasteiger partial charge < -0.3 is 20.8 Å². The highest BCUT2D eigenvalue weighted by atomic mass is 16.3. The number of hydrogen-bond donors (Lipinski definition) is 4. The second kappa shape index (κ2) is 5.95. The van der Waals surface area contributed by atoms with Crippen molar-refractivity contribution in [3.05, 3.63) is 35.4 Å². The van der Waals surface area contributed by atoms with Crippen molar-refractivity contribution in [1.29, 1.82) is 0 Å². The van der Waals surface area contributed by atoms with Crippen LogP contribution in [0.5, 0.6) is 0 Å². The second-order valence-electron chi connectivity index (χ2n) is 4.48. The molecule has 1 aromatic carbocycles. The summed E-state index contributed by atoms with van der Waals surface area (Å²) in [4.78, 5) is 11.9. The molecule has 2 rings (SSSR count). The van der Waals surface area contributed by atoms with E-state index in [4.69, 9.17) is 10.2 Å². The van der Waals surface area contributed by atoms with E-state index in [0.717, 1.165) is 0 Å². The molecule has 1 amide bonds. The maximum atomic E-state index is 11.9. The molecule has 1 aliphatic heterocycles. The Labute approximate surface area is 106 Å². The first-order valence-electron chi connectivity index (χ1n) is 6.07. The van der Waals surface area contributed by atoms with Crippen LogP contribution in [0.3, 0.4) is 0 Å². The number of rotatable bonds is 4. The Morgan fingerprint density at radius 2 is 2.00 bits per heavy atom. The number of carbonyl (C=O) groups excluding carboxylic acids is 1. The van der Waals surface area contributed by atoms with E-state index in [-0.39, 0.29) is 25.2 Å². The highest BCUT2D eigenvalue weighted by molar-refractivity contribution is 5.82. The highest BCUT2D eigenvalue weighted by Gasteiger charge is 2.25. The number of nitrogens with one attached hydrogen (secondary N) is 2. The number of aliphatic hydroxyl groups is 2. The second-order valence-corrected chi connectivity index (χ2v) is 4.48. The van der Waals surface area contributed by atoms with Gasteiger partial charge >= 0.3 is 0 Å². The van der Waals surface area contributed by atoms with Crippen molar-refractivity contribution in [1.82, 2.24) is 10.6 Å². The van der Waals surface area contributed by atoms with Gasteiger partial charge in [-0.15, -0.1) is 0 Å². The van der Waals surface area contributed by atoms with Gasteiger partial charge in [0.05, 0.1) is 25.3 Å². The largest absolute Gasteiger partial charge is 0.394 e. The van der Waals surface area contributed by atoms with E-state index in [1.807, 2.05) is 24.3 Å². The minimum atomic E-state index is -0.587. The third kappa shape index (κ3) is 2.87. The molecule has 0 radical (unpaired) electrons.